The molecule has 0 saturated heterocycles. The third-order valence-electron chi connectivity index (χ3n) is 4.78. The summed E-state index contributed by atoms with van der Waals surface area (Å²) in [6.07, 6.45) is 8.16. The van der Waals surface area contributed by atoms with Crippen LogP contribution in [0.4, 0.5) is 0 Å². The number of carbonyl (C=O) groups excluding carboxylic acids is 2. The van der Waals surface area contributed by atoms with Gasteiger partial charge in [-0.15, -0.1) is 6.42 Å². The monoisotopic (exact) mass is 398 g/mol. The molecule has 0 fully saturated rings. The minimum absolute atomic E-state index is 0.0000583. The summed E-state index contributed by atoms with van der Waals surface area (Å²) in [7, 11) is 0. The Kier molecular flexibility index (Phi) is 6.37. The highest BCUT2D eigenvalue weighted by Crippen LogP contribution is 2.29. The van der Waals surface area contributed by atoms with E-state index in [9.17, 15) is 9.59 Å². The molecule has 146 valence electrons. The molecular formula is C21H23ClN4O2. The van der Waals surface area contributed by atoms with E-state index < -0.39 is 0 Å². The van der Waals surface area contributed by atoms with Crippen molar-refractivity contribution in [2.24, 2.45) is 0 Å². The Balaban J connectivity index is 1.86. The molecule has 6 nitrogen and oxygen atoms in total. The quantitative estimate of drug-likeness (QED) is 0.726. The van der Waals surface area contributed by atoms with Crippen molar-refractivity contribution in [3.63, 3.8) is 0 Å². The van der Waals surface area contributed by atoms with Crippen LogP contribution < -0.4 is 5.32 Å². The minimum atomic E-state index is -0.263. The molecule has 0 spiro atoms. The SMILES string of the molecule is C#CCC(=O)NCN1CC(CCCC)n2nc(-c3ccc(Cl)cc3)cc2C1=O. The van der Waals surface area contributed by atoms with Gasteiger partial charge in [0.2, 0.25) is 5.91 Å². The van der Waals surface area contributed by atoms with E-state index in [1.807, 2.05) is 16.8 Å². The number of hydrogen-bond acceptors (Lipinski definition) is 3. The highest BCUT2D eigenvalue weighted by molar-refractivity contribution is 6.30. The molecule has 1 unspecified atom stereocenters. The van der Waals surface area contributed by atoms with Gasteiger partial charge in [0.15, 0.2) is 0 Å². The van der Waals surface area contributed by atoms with Crippen LogP contribution in [0.2, 0.25) is 5.02 Å². The first-order chi connectivity index (χ1) is 13.5. The van der Waals surface area contributed by atoms with Gasteiger partial charge < -0.3 is 10.2 Å². The number of nitrogens with one attached hydrogen (secondary N) is 1. The molecule has 3 rings (SSSR count). The van der Waals surface area contributed by atoms with Crippen LogP contribution in [0.5, 0.6) is 0 Å². The Morgan fingerprint density at radius 1 is 1.39 bits per heavy atom. The average molecular weight is 399 g/mol. The molecule has 1 aliphatic heterocycles. The number of benzene rings is 1. The van der Waals surface area contributed by atoms with Crippen LogP contribution in [0.1, 0.15) is 49.1 Å². The Morgan fingerprint density at radius 3 is 2.82 bits per heavy atom. The van der Waals surface area contributed by atoms with Crippen LogP contribution >= 0.6 is 11.6 Å². The van der Waals surface area contributed by atoms with Gasteiger partial charge in [-0.1, -0.05) is 49.4 Å². The smallest absolute Gasteiger partial charge is 0.273 e. The lowest BCUT2D eigenvalue weighted by atomic mass is 10.1. The number of nitrogens with zero attached hydrogens (tertiary/aromatic N) is 3. The fraction of sp³-hybridized carbons (Fsp3) is 0.381. The van der Waals surface area contributed by atoms with Crippen molar-refractivity contribution in [2.45, 2.75) is 38.6 Å². The maximum atomic E-state index is 13.0. The molecule has 0 radical (unpaired) electrons. The predicted molar refractivity (Wildman–Crippen MR) is 109 cm³/mol. The van der Waals surface area contributed by atoms with E-state index in [0.717, 1.165) is 30.5 Å². The topological polar surface area (TPSA) is 67.2 Å². The van der Waals surface area contributed by atoms with E-state index in [4.69, 9.17) is 23.1 Å². The predicted octanol–water partition coefficient (Wildman–Crippen LogP) is 3.49. The molecule has 0 bridgehead atoms. The highest BCUT2D eigenvalue weighted by Gasteiger charge is 2.32. The van der Waals surface area contributed by atoms with Crippen molar-refractivity contribution in [3.8, 4) is 23.6 Å². The van der Waals surface area contributed by atoms with Crippen LogP contribution in [0, 0.1) is 12.3 Å². The van der Waals surface area contributed by atoms with Crippen LogP contribution in [-0.4, -0.2) is 39.7 Å². The number of fused-ring (bicyclic) bond motifs is 1. The summed E-state index contributed by atoms with van der Waals surface area (Å²) in [6.45, 7) is 2.78. The Hall–Kier alpha value is -2.78. The van der Waals surface area contributed by atoms with Crippen LogP contribution in [0.15, 0.2) is 30.3 Å². The number of halogens is 1. The highest BCUT2D eigenvalue weighted by atomic mass is 35.5. The van der Waals surface area contributed by atoms with Gasteiger partial charge in [0.25, 0.3) is 5.91 Å². The molecule has 2 aromatic rings. The van der Waals surface area contributed by atoms with Gasteiger partial charge in [-0.25, -0.2) is 0 Å². The second-order valence-corrected chi connectivity index (χ2v) is 7.27. The third kappa shape index (κ3) is 4.37. The summed E-state index contributed by atoms with van der Waals surface area (Å²) in [4.78, 5) is 26.3. The lowest BCUT2D eigenvalue weighted by molar-refractivity contribution is -0.120. The lowest BCUT2D eigenvalue weighted by Gasteiger charge is -2.33. The summed E-state index contributed by atoms with van der Waals surface area (Å²) in [5.41, 5.74) is 2.17. The first-order valence-corrected chi connectivity index (χ1v) is 9.76. The molecule has 1 atom stereocenters. The van der Waals surface area contributed by atoms with Gasteiger partial charge in [-0.3, -0.25) is 14.3 Å². The van der Waals surface area contributed by atoms with Crippen molar-refractivity contribution in [1.82, 2.24) is 20.0 Å². The fourth-order valence-corrected chi connectivity index (χ4v) is 3.43. The number of hydrogen-bond donors (Lipinski definition) is 1. The number of amides is 2. The van der Waals surface area contributed by atoms with E-state index in [2.05, 4.69) is 18.2 Å². The summed E-state index contributed by atoms with van der Waals surface area (Å²) in [5, 5.41) is 8.07. The first-order valence-electron chi connectivity index (χ1n) is 9.38. The first kappa shape index (κ1) is 20.0. The van der Waals surface area contributed by atoms with Gasteiger partial charge in [-0.2, -0.15) is 5.10 Å². The van der Waals surface area contributed by atoms with Crippen molar-refractivity contribution in [3.05, 3.63) is 41.0 Å². The van der Waals surface area contributed by atoms with E-state index in [1.165, 1.54) is 0 Å². The standard InChI is InChI=1S/C21H23ClN4O2/c1-3-5-7-17-13-25(14-23-20(27)6-4-2)21(28)19-12-18(24-26(17)19)15-8-10-16(22)11-9-15/h2,8-12,17H,3,5-7,13-14H2,1H3,(H,23,27). The molecule has 7 heteroatoms. The number of carbonyl (C=O) groups is 2. The minimum Gasteiger partial charge on any atom is -0.338 e. The second kappa shape index (κ2) is 8.94. The lowest BCUT2D eigenvalue weighted by Crippen LogP contribution is -2.48. The van der Waals surface area contributed by atoms with Gasteiger partial charge in [-0.05, 0) is 24.6 Å². The van der Waals surface area contributed by atoms with Crippen molar-refractivity contribution < 1.29 is 9.59 Å². The molecule has 1 N–H and O–H groups in total. The molecule has 2 amide bonds. The van der Waals surface area contributed by atoms with Gasteiger partial charge in [0, 0.05) is 17.1 Å². The number of aromatic nitrogens is 2. The Labute approximate surface area is 169 Å². The largest absolute Gasteiger partial charge is 0.338 e. The molecule has 2 heterocycles. The van der Waals surface area contributed by atoms with Crippen LogP contribution in [-0.2, 0) is 4.79 Å². The summed E-state index contributed by atoms with van der Waals surface area (Å²) in [6, 6.07) is 9.26. The van der Waals surface area contributed by atoms with Crippen LogP contribution in [0.3, 0.4) is 0 Å². The molecular weight excluding hydrogens is 376 g/mol. The van der Waals surface area contributed by atoms with Crippen LogP contribution in [0.25, 0.3) is 11.3 Å². The Morgan fingerprint density at radius 2 is 2.14 bits per heavy atom. The molecule has 1 aromatic carbocycles. The van der Waals surface area contributed by atoms with Crippen molar-refractivity contribution >= 4 is 23.4 Å². The molecule has 1 aliphatic rings. The third-order valence-corrected chi connectivity index (χ3v) is 5.03. The molecule has 28 heavy (non-hydrogen) atoms. The normalized spacial score (nSPS) is 15.8. The zero-order valence-electron chi connectivity index (χ0n) is 15.8. The summed E-state index contributed by atoms with van der Waals surface area (Å²) < 4.78 is 1.84. The summed E-state index contributed by atoms with van der Waals surface area (Å²) in [5.74, 6) is 1.89. The van der Waals surface area contributed by atoms with E-state index in [0.29, 0.717) is 17.3 Å². The van der Waals surface area contributed by atoms with Gasteiger partial charge in [0.1, 0.15) is 5.69 Å². The zero-order chi connectivity index (χ0) is 20.1. The molecule has 0 aliphatic carbocycles. The second-order valence-electron chi connectivity index (χ2n) is 6.83. The van der Waals surface area contributed by atoms with E-state index in [-0.39, 0.29) is 30.9 Å². The van der Waals surface area contributed by atoms with E-state index >= 15 is 0 Å². The van der Waals surface area contributed by atoms with Gasteiger partial charge >= 0.3 is 0 Å². The maximum absolute atomic E-state index is 13.0. The van der Waals surface area contributed by atoms with E-state index in [1.54, 1.807) is 23.1 Å². The average Bonchev–Trinajstić information content (AvgIpc) is 3.13. The number of rotatable bonds is 7. The molecule has 0 saturated carbocycles. The van der Waals surface area contributed by atoms with Gasteiger partial charge in [0.05, 0.1) is 24.8 Å². The Bertz CT molecular complexity index is 898. The molecule has 1 aromatic heterocycles. The fourth-order valence-electron chi connectivity index (χ4n) is 3.30. The van der Waals surface area contributed by atoms with Crippen molar-refractivity contribution in [1.29, 1.82) is 0 Å². The summed E-state index contributed by atoms with van der Waals surface area (Å²) >= 11 is 5.97. The van der Waals surface area contributed by atoms with Crippen molar-refractivity contribution in [2.75, 3.05) is 13.2 Å². The zero-order valence-corrected chi connectivity index (χ0v) is 16.6. The maximum Gasteiger partial charge on any atom is 0.273 e. The number of terminal acetylenes is 1. The number of unbranched alkanes of at least 4 members (excludes halogenated alkanes) is 1.